The SMILES string of the molecule is CCN=C1Nc2ccc(OCC)cc2S(=O)(=O)N1. The topological polar surface area (TPSA) is 79.8 Å². The Morgan fingerprint density at radius 2 is 2.11 bits per heavy atom. The molecule has 1 aliphatic rings. The van der Waals surface area contributed by atoms with Crippen LogP contribution in [0.25, 0.3) is 0 Å². The van der Waals surface area contributed by atoms with Gasteiger partial charge in [-0.3, -0.25) is 4.99 Å². The third-order valence-electron chi connectivity index (χ3n) is 2.35. The van der Waals surface area contributed by atoms with E-state index in [9.17, 15) is 8.42 Å². The van der Waals surface area contributed by atoms with E-state index >= 15 is 0 Å². The third-order valence-corrected chi connectivity index (χ3v) is 3.73. The zero-order valence-electron chi connectivity index (χ0n) is 10.2. The average Bonchev–Trinajstić information content (AvgIpc) is 2.30. The van der Waals surface area contributed by atoms with Crippen LogP contribution in [0.1, 0.15) is 13.8 Å². The monoisotopic (exact) mass is 269 g/mol. The molecule has 0 saturated heterocycles. The summed E-state index contributed by atoms with van der Waals surface area (Å²) in [6.07, 6.45) is 0. The maximum absolute atomic E-state index is 12.0. The van der Waals surface area contributed by atoms with E-state index < -0.39 is 10.0 Å². The van der Waals surface area contributed by atoms with Crippen molar-refractivity contribution in [1.82, 2.24) is 4.72 Å². The molecular formula is C11H15N3O3S. The zero-order chi connectivity index (χ0) is 13.2. The molecule has 98 valence electrons. The molecule has 0 unspecified atom stereocenters. The van der Waals surface area contributed by atoms with Gasteiger partial charge in [-0.15, -0.1) is 0 Å². The molecule has 0 saturated carbocycles. The van der Waals surface area contributed by atoms with Crippen molar-refractivity contribution in [3.8, 4) is 5.75 Å². The second kappa shape index (κ2) is 4.85. The van der Waals surface area contributed by atoms with Gasteiger partial charge in [0.1, 0.15) is 10.6 Å². The van der Waals surface area contributed by atoms with Crippen molar-refractivity contribution in [3.63, 3.8) is 0 Å². The largest absolute Gasteiger partial charge is 0.494 e. The predicted octanol–water partition coefficient (Wildman–Crippen LogP) is 1.16. The van der Waals surface area contributed by atoms with Crippen LogP contribution < -0.4 is 14.8 Å². The molecule has 6 nitrogen and oxygen atoms in total. The first-order chi connectivity index (χ1) is 8.56. The molecular weight excluding hydrogens is 254 g/mol. The van der Waals surface area contributed by atoms with E-state index in [1.54, 1.807) is 12.1 Å². The Labute approximate surface area is 106 Å². The Morgan fingerprint density at radius 3 is 2.78 bits per heavy atom. The fourth-order valence-electron chi connectivity index (χ4n) is 1.65. The Bertz CT molecular complexity index is 581. The van der Waals surface area contributed by atoms with Crippen LogP contribution >= 0.6 is 0 Å². The molecule has 0 bridgehead atoms. The molecule has 18 heavy (non-hydrogen) atoms. The normalized spacial score (nSPS) is 18.7. The molecule has 1 aliphatic heterocycles. The Morgan fingerprint density at radius 1 is 1.33 bits per heavy atom. The lowest BCUT2D eigenvalue weighted by atomic mass is 10.3. The van der Waals surface area contributed by atoms with E-state index in [1.807, 2.05) is 13.8 Å². The number of ether oxygens (including phenoxy) is 1. The number of hydrogen-bond acceptors (Lipinski definition) is 4. The molecule has 0 radical (unpaired) electrons. The van der Waals surface area contributed by atoms with E-state index in [-0.39, 0.29) is 10.9 Å². The van der Waals surface area contributed by atoms with Gasteiger partial charge in [-0.05, 0) is 26.0 Å². The van der Waals surface area contributed by atoms with Crippen molar-refractivity contribution in [2.45, 2.75) is 18.7 Å². The number of hydrogen-bond donors (Lipinski definition) is 2. The van der Waals surface area contributed by atoms with Gasteiger partial charge < -0.3 is 10.1 Å². The van der Waals surface area contributed by atoms with Gasteiger partial charge in [-0.25, -0.2) is 13.1 Å². The second-order valence-electron chi connectivity index (χ2n) is 3.64. The summed E-state index contributed by atoms with van der Waals surface area (Å²) in [6.45, 7) is 4.66. The van der Waals surface area contributed by atoms with Gasteiger partial charge in [0.15, 0.2) is 0 Å². The zero-order valence-corrected chi connectivity index (χ0v) is 11.0. The molecule has 0 spiro atoms. The standard InChI is InChI=1S/C11H15N3O3S/c1-3-12-11-13-9-6-5-8(17-4-2)7-10(9)18(15,16)14-11/h5-7H,3-4H2,1-2H3,(H2,12,13,14). The summed E-state index contributed by atoms with van der Waals surface area (Å²) in [6, 6.07) is 4.89. The lowest BCUT2D eigenvalue weighted by molar-refractivity contribution is 0.339. The Kier molecular flexibility index (Phi) is 3.42. The van der Waals surface area contributed by atoms with Gasteiger partial charge in [0.05, 0.1) is 12.3 Å². The van der Waals surface area contributed by atoms with Crippen LogP contribution in [-0.4, -0.2) is 27.5 Å². The molecule has 0 amide bonds. The molecule has 0 aromatic heterocycles. The van der Waals surface area contributed by atoms with E-state index in [1.165, 1.54) is 6.07 Å². The molecule has 2 N–H and O–H groups in total. The number of guanidine groups is 1. The number of nitrogens with zero attached hydrogens (tertiary/aromatic N) is 1. The molecule has 0 fully saturated rings. The van der Waals surface area contributed by atoms with Gasteiger partial charge >= 0.3 is 0 Å². The summed E-state index contributed by atoms with van der Waals surface area (Å²) in [5.74, 6) is 0.772. The van der Waals surface area contributed by atoms with Gasteiger partial charge in [-0.2, -0.15) is 0 Å². The van der Waals surface area contributed by atoms with Crippen LogP contribution in [-0.2, 0) is 10.0 Å². The second-order valence-corrected chi connectivity index (χ2v) is 5.30. The number of sulfonamides is 1. The fourth-order valence-corrected chi connectivity index (χ4v) is 2.81. The van der Waals surface area contributed by atoms with E-state index in [0.717, 1.165) is 0 Å². The highest BCUT2D eigenvalue weighted by molar-refractivity contribution is 7.90. The minimum atomic E-state index is -3.58. The Hall–Kier alpha value is -1.76. The average molecular weight is 269 g/mol. The van der Waals surface area contributed by atoms with Crippen LogP contribution in [0.5, 0.6) is 5.75 Å². The maximum Gasteiger partial charge on any atom is 0.266 e. The maximum atomic E-state index is 12.0. The quantitative estimate of drug-likeness (QED) is 0.863. The summed E-state index contributed by atoms with van der Waals surface area (Å²) >= 11 is 0. The van der Waals surface area contributed by atoms with Gasteiger partial charge in [0.2, 0.25) is 5.96 Å². The highest BCUT2D eigenvalue weighted by Crippen LogP contribution is 2.28. The van der Waals surface area contributed by atoms with Gasteiger partial charge in [0.25, 0.3) is 10.0 Å². The number of anilines is 1. The van der Waals surface area contributed by atoms with Crippen LogP contribution in [0.2, 0.25) is 0 Å². The van der Waals surface area contributed by atoms with Crippen molar-refractivity contribution in [2.24, 2.45) is 4.99 Å². The highest BCUT2D eigenvalue weighted by Gasteiger charge is 2.26. The highest BCUT2D eigenvalue weighted by atomic mass is 32.2. The molecule has 1 aromatic rings. The number of benzene rings is 1. The van der Waals surface area contributed by atoms with Crippen molar-refractivity contribution in [2.75, 3.05) is 18.5 Å². The van der Waals surface area contributed by atoms with Crippen LogP contribution in [0.4, 0.5) is 5.69 Å². The molecule has 1 heterocycles. The van der Waals surface area contributed by atoms with Crippen LogP contribution in [0.15, 0.2) is 28.1 Å². The van der Waals surface area contributed by atoms with E-state index in [2.05, 4.69) is 15.0 Å². The van der Waals surface area contributed by atoms with Crippen LogP contribution in [0, 0.1) is 0 Å². The third kappa shape index (κ3) is 2.40. The van der Waals surface area contributed by atoms with Crippen molar-refractivity contribution >= 4 is 21.7 Å². The molecule has 1 aromatic carbocycles. The molecule has 7 heteroatoms. The summed E-state index contributed by atoms with van der Waals surface area (Å²) < 4.78 is 31.7. The number of aliphatic imine (C=N–C) groups is 1. The lowest BCUT2D eigenvalue weighted by Gasteiger charge is -2.21. The number of nitrogens with one attached hydrogen (secondary N) is 2. The number of fused-ring (bicyclic) bond motifs is 1. The Balaban J connectivity index is 2.46. The summed E-state index contributed by atoms with van der Waals surface area (Å²) in [7, 11) is -3.58. The molecule has 0 aliphatic carbocycles. The summed E-state index contributed by atoms with van der Waals surface area (Å²) in [5, 5.41) is 2.93. The number of rotatable bonds is 3. The molecule has 0 atom stereocenters. The van der Waals surface area contributed by atoms with E-state index in [0.29, 0.717) is 24.6 Å². The van der Waals surface area contributed by atoms with Gasteiger partial charge in [-0.1, -0.05) is 0 Å². The first-order valence-electron chi connectivity index (χ1n) is 5.68. The van der Waals surface area contributed by atoms with Crippen molar-refractivity contribution in [3.05, 3.63) is 18.2 Å². The minimum Gasteiger partial charge on any atom is -0.494 e. The van der Waals surface area contributed by atoms with E-state index in [4.69, 9.17) is 4.74 Å². The van der Waals surface area contributed by atoms with Crippen molar-refractivity contribution in [1.29, 1.82) is 0 Å². The summed E-state index contributed by atoms with van der Waals surface area (Å²) in [4.78, 5) is 4.19. The first-order valence-corrected chi connectivity index (χ1v) is 7.16. The first kappa shape index (κ1) is 12.7. The fraction of sp³-hybridized carbons (Fsp3) is 0.364. The minimum absolute atomic E-state index is 0.170. The van der Waals surface area contributed by atoms with Crippen molar-refractivity contribution < 1.29 is 13.2 Å². The smallest absolute Gasteiger partial charge is 0.266 e. The van der Waals surface area contributed by atoms with Crippen LogP contribution in [0.3, 0.4) is 0 Å². The predicted molar refractivity (Wildman–Crippen MR) is 69.5 cm³/mol. The summed E-state index contributed by atoms with van der Waals surface area (Å²) in [5.41, 5.74) is 0.504. The van der Waals surface area contributed by atoms with Gasteiger partial charge in [0, 0.05) is 12.6 Å². The lowest BCUT2D eigenvalue weighted by Crippen LogP contribution is -2.40. The molecule has 2 rings (SSSR count).